The molecule has 1 heterocycles. The first kappa shape index (κ1) is 16.8. The van der Waals surface area contributed by atoms with Crippen molar-refractivity contribution < 1.29 is 13.6 Å². The maximum absolute atomic E-state index is 13.2. The normalized spacial score (nSPS) is 11.0. The largest absolute Gasteiger partial charge is 0.308 e. The van der Waals surface area contributed by atoms with Gasteiger partial charge in [-0.3, -0.25) is 9.78 Å². The number of benzene rings is 1. The summed E-state index contributed by atoms with van der Waals surface area (Å²) in [5.41, 5.74) is 2.17. The van der Waals surface area contributed by atoms with Crippen LogP contribution in [0.4, 0.5) is 8.78 Å². The van der Waals surface area contributed by atoms with Crippen molar-refractivity contribution in [3.05, 3.63) is 76.4 Å². The van der Waals surface area contributed by atoms with Crippen molar-refractivity contribution in [2.75, 3.05) is 6.54 Å². The average molecular weight is 314 g/mol. The van der Waals surface area contributed by atoms with Gasteiger partial charge in [0.2, 0.25) is 5.78 Å². The third-order valence-corrected chi connectivity index (χ3v) is 3.57. The molecule has 23 heavy (non-hydrogen) atoms. The molecule has 0 bridgehead atoms. The smallest absolute Gasteiger partial charge is 0.276 e. The van der Waals surface area contributed by atoms with Gasteiger partial charge in [0.25, 0.3) is 12.5 Å². The Balaban J connectivity index is 2.10. The van der Waals surface area contributed by atoms with E-state index in [0.717, 1.165) is 18.1 Å². The van der Waals surface area contributed by atoms with Crippen molar-refractivity contribution in [1.29, 1.82) is 0 Å². The summed E-state index contributed by atoms with van der Waals surface area (Å²) in [5, 5.41) is 0. The van der Waals surface area contributed by atoms with Crippen LogP contribution in [0.1, 0.15) is 34.0 Å². The lowest BCUT2D eigenvalue weighted by atomic mass is 9.98. The lowest BCUT2D eigenvalue weighted by Gasteiger charge is -2.11. The van der Waals surface area contributed by atoms with E-state index < -0.39 is 5.92 Å². The van der Waals surface area contributed by atoms with Crippen LogP contribution in [-0.4, -0.2) is 17.3 Å². The SMILES string of the molecule is [C-]#[N+]CC(=O)c1ccncc1CCc1ccc(C(C)(F)F)cc1. The van der Waals surface area contributed by atoms with Crippen LogP contribution in [0.5, 0.6) is 0 Å². The van der Waals surface area contributed by atoms with Crippen LogP contribution in [0.25, 0.3) is 4.85 Å². The van der Waals surface area contributed by atoms with Gasteiger partial charge in [0.05, 0.1) is 0 Å². The molecule has 3 nitrogen and oxygen atoms in total. The number of rotatable bonds is 6. The second-order valence-corrected chi connectivity index (χ2v) is 5.36. The number of hydrogen-bond acceptors (Lipinski definition) is 2. The first-order valence-corrected chi connectivity index (χ1v) is 7.18. The van der Waals surface area contributed by atoms with Crippen molar-refractivity contribution in [3.8, 4) is 0 Å². The molecule has 1 aromatic heterocycles. The number of aryl methyl sites for hydroxylation is 2. The number of ketones is 1. The van der Waals surface area contributed by atoms with E-state index in [4.69, 9.17) is 6.57 Å². The van der Waals surface area contributed by atoms with Crippen LogP contribution in [0.15, 0.2) is 42.7 Å². The summed E-state index contributed by atoms with van der Waals surface area (Å²) in [6, 6.07) is 7.80. The van der Waals surface area contributed by atoms with Gasteiger partial charge >= 0.3 is 0 Å². The first-order valence-electron chi connectivity index (χ1n) is 7.18. The minimum Gasteiger partial charge on any atom is -0.308 e. The van der Waals surface area contributed by atoms with Gasteiger partial charge in [-0.05, 0) is 30.0 Å². The predicted octanol–water partition coefficient (Wildman–Crippen LogP) is 4.08. The van der Waals surface area contributed by atoms with Gasteiger partial charge in [0.15, 0.2) is 0 Å². The predicted molar refractivity (Wildman–Crippen MR) is 83.5 cm³/mol. The van der Waals surface area contributed by atoms with E-state index in [0.29, 0.717) is 18.4 Å². The quantitative estimate of drug-likeness (QED) is 0.595. The molecule has 0 fully saturated rings. The molecule has 118 valence electrons. The van der Waals surface area contributed by atoms with Gasteiger partial charge in [-0.2, -0.15) is 0 Å². The fourth-order valence-corrected chi connectivity index (χ4v) is 2.30. The Hall–Kier alpha value is -2.61. The maximum Gasteiger partial charge on any atom is 0.276 e. The Morgan fingerprint density at radius 2 is 1.91 bits per heavy atom. The van der Waals surface area contributed by atoms with Gasteiger partial charge in [0.1, 0.15) is 0 Å². The van der Waals surface area contributed by atoms with Crippen LogP contribution < -0.4 is 0 Å². The van der Waals surface area contributed by atoms with Crippen molar-refractivity contribution in [1.82, 2.24) is 4.98 Å². The molecule has 0 radical (unpaired) electrons. The zero-order valence-corrected chi connectivity index (χ0v) is 12.7. The molecule has 0 unspecified atom stereocenters. The number of aromatic nitrogens is 1. The molecule has 0 atom stereocenters. The number of carbonyl (C=O) groups excluding carboxylic acids is 1. The lowest BCUT2D eigenvalue weighted by Crippen LogP contribution is -2.08. The second-order valence-electron chi connectivity index (χ2n) is 5.36. The standard InChI is InChI=1S/C18H16F2N2O/c1-18(19,20)15-7-4-13(5-8-15)3-6-14-11-22-10-9-16(14)17(23)12-21-2/h4-5,7-11H,3,6,12H2,1H3. The highest BCUT2D eigenvalue weighted by molar-refractivity contribution is 5.99. The second kappa shape index (κ2) is 7.10. The topological polar surface area (TPSA) is 34.3 Å². The zero-order chi connectivity index (χ0) is 16.9. The van der Waals surface area contributed by atoms with Crippen LogP contribution in [0.2, 0.25) is 0 Å². The third-order valence-electron chi connectivity index (χ3n) is 3.57. The summed E-state index contributed by atoms with van der Waals surface area (Å²) >= 11 is 0. The summed E-state index contributed by atoms with van der Waals surface area (Å²) in [7, 11) is 0. The molecular weight excluding hydrogens is 298 g/mol. The van der Waals surface area contributed by atoms with Crippen LogP contribution in [-0.2, 0) is 18.8 Å². The maximum atomic E-state index is 13.2. The van der Waals surface area contributed by atoms with E-state index in [1.807, 2.05) is 0 Å². The molecule has 1 aromatic carbocycles. The number of halogens is 2. The minimum absolute atomic E-state index is 0.0180. The summed E-state index contributed by atoms with van der Waals surface area (Å²) in [5.74, 6) is -3.07. The molecule has 0 aliphatic rings. The number of Topliss-reactive ketones (excluding diaryl/α,β-unsaturated/α-hetero) is 1. The molecule has 0 N–H and O–H groups in total. The fourth-order valence-electron chi connectivity index (χ4n) is 2.30. The van der Waals surface area contributed by atoms with Crippen molar-refractivity contribution in [2.24, 2.45) is 0 Å². The molecule has 0 amide bonds. The Labute approximate surface area is 133 Å². The van der Waals surface area contributed by atoms with Gasteiger partial charge in [0, 0.05) is 30.4 Å². The van der Waals surface area contributed by atoms with Gasteiger partial charge < -0.3 is 4.85 Å². The molecule has 0 spiro atoms. The summed E-state index contributed by atoms with van der Waals surface area (Å²) in [6.45, 7) is 7.47. The highest BCUT2D eigenvalue weighted by Gasteiger charge is 2.23. The van der Waals surface area contributed by atoms with Gasteiger partial charge in [-0.25, -0.2) is 15.4 Å². The van der Waals surface area contributed by atoms with Crippen LogP contribution >= 0.6 is 0 Å². The Bertz CT molecular complexity index is 728. The average Bonchev–Trinajstić information content (AvgIpc) is 2.53. The van der Waals surface area contributed by atoms with E-state index in [2.05, 4.69) is 9.83 Å². The minimum atomic E-state index is -2.85. The lowest BCUT2D eigenvalue weighted by molar-refractivity contribution is 0.0174. The molecule has 2 aromatic rings. The van der Waals surface area contributed by atoms with Gasteiger partial charge in [-0.15, -0.1) is 0 Å². The number of carbonyl (C=O) groups is 1. The van der Waals surface area contributed by atoms with E-state index in [9.17, 15) is 13.6 Å². The molecule has 0 saturated carbocycles. The fraction of sp³-hybridized carbons (Fsp3) is 0.278. The van der Waals surface area contributed by atoms with Crippen molar-refractivity contribution in [2.45, 2.75) is 25.7 Å². The molecule has 2 rings (SSSR count). The zero-order valence-electron chi connectivity index (χ0n) is 12.7. The number of nitrogens with zero attached hydrogens (tertiary/aromatic N) is 2. The molecule has 0 saturated heterocycles. The third kappa shape index (κ3) is 4.43. The monoisotopic (exact) mass is 314 g/mol. The van der Waals surface area contributed by atoms with Crippen LogP contribution in [0, 0.1) is 6.57 Å². The molecular formula is C18H16F2N2O. The Morgan fingerprint density at radius 1 is 1.22 bits per heavy atom. The van der Waals surface area contributed by atoms with Gasteiger partial charge in [-0.1, -0.05) is 24.3 Å². The number of pyridine rings is 1. The van der Waals surface area contributed by atoms with Crippen molar-refractivity contribution >= 4 is 5.78 Å². The highest BCUT2D eigenvalue weighted by Crippen LogP contribution is 2.27. The Kier molecular flexibility index (Phi) is 5.17. The van der Waals surface area contributed by atoms with E-state index in [1.54, 1.807) is 24.4 Å². The molecule has 0 aliphatic carbocycles. The summed E-state index contributed by atoms with van der Waals surface area (Å²) in [4.78, 5) is 19.0. The summed E-state index contributed by atoms with van der Waals surface area (Å²) in [6.07, 6.45) is 4.32. The highest BCUT2D eigenvalue weighted by atomic mass is 19.3. The van der Waals surface area contributed by atoms with E-state index >= 15 is 0 Å². The van der Waals surface area contributed by atoms with Crippen LogP contribution in [0.3, 0.4) is 0 Å². The van der Waals surface area contributed by atoms with Crippen molar-refractivity contribution in [3.63, 3.8) is 0 Å². The number of alkyl halides is 2. The molecule has 5 heteroatoms. The first-order chi connectivity index (χ1) is 10.9. The Morgan fingerprint density at radius 3 is 2.52 bits per heavy atom. The summed E-state index contributed by atoms with van der Waals surface area (Å²) < 4.78 is 26.4. The molecule has 0 aliphatic heterocycles. The number of hydrogen-bond donors (Lipinski definition) is 0. The van der Waals surface area contributed by atoms with E-state index in [1.165, 1.54) is 18.3 Å². The van der Waals surface area contributed by atoms with E-state index in [-0.39, 0.29) is 17.9 Å².